The fourth-order valence-electron chi connectivity index (χ4n) is 1.96. The van der Waals surface area contributed by atoms with Crippen LogP contribution in [-0.2, 0) is 5.41 Å². The molecule has 0 radical (unpaired) electrons. The van der Waals surface area contributed by atoms with Gasteiger partial charge in [-0.1, -0.05) is 20.8 Å². The molecule has 0 unspecified atom stereocenters. The van der Waals surface area contributed by atoms with Gasteiger partial charge in [0.1, 0.15) is 15.6 Å². The van der Waals surface area contributed by atoms with E-state index in [-0.39, 0.29) is 5.41 Å². The second-order valence-electron chi connectivity index (χ2n) is 5.71. The highest BCUT2D eigenvalue weighted by Gasteiger charge is 2.27. The lowest BCUT2D eigenvalue weighted by Gasteiger charge is -2.16. The maximum absolute atomic E-state index is 11.4. The van der Waals surface area contributed by atoms with Crippen LogP contribution >= 0.6 is 11.3 Å². The molecule has 0 aliphatic heterocycles. The molecule has 1 heterocycles. The number of carbonyl (C=O) groups is 1. The average molecular weight is 305 g/mol. The van der Waals surface area contributed by atoms with Gasteiger partial charge in [0, 0.05) is 11.0 Å². The zero-order chi connectivity index (χ0) is 15.6. The number of nitrogens with zero attached hydrogens (tertiary/aromatic N) is 1. The molecular weight excluding hydrogens is 286 g/mol. The van der Waals surface area contributed by atoms with E-state index in [1.165, 1.54) is 11.3 Å². The van der Waals surface area contributed by atoms with Gasteiger partial charge in [-0.05, 0) is 31.2 Å². The molecular formula is C16H19NO3S. The molecule has 112 valence electrons. The third kappa shape index (κ3) is 3.42. The summed E-state index contributed by atoms with van der Waals surface area (Å²) in [5.74, 6) is -0.123. The van der Waals surface area contributed by atoms with Crippen molar-refractivity contribution in [2.45, 2.75) is 33.1 Å². The van der Waals surface area contributed by atoms with Crippen molar-refractivity contribution in [1.82, 2.24) is 4.98 Å². The SMILES string of the molecule is CCOc1ccc(-c2nc(C(C)(C)C)c(C(=O)O)s2)cc1. The summed E-state index contributed by atoms with van der Waals surface area (Å²) in [7, 11) is 0. The summed E-state index contributed by atoms with van der Waals surface area (Å²) in [4.78, 5) is 16.3. The largest absolute Gasteiger partial charge is 0.494 e. The normalized spacial score (nSPS) is 11.4. The maximum Gasteiger partial charge on any atom is 0.347 e. The quantitative estimate of drug-likeness (QED) is 0.919. The van der Waals surface area contributed by atoms with Crippen LogP contribution in [0, 0.1) is 0 Å². The predicted molar refractivity (Wildman–Crippen MR) is 84.4 cm³/mol. The Labute approximate surface area is 128 Å². The minimum absolute atomic E-state index is 0.298. The maximum atomic E-state index is 11.4. The topological polar surface area (TPSA) is 59.4 Å². The number of aromatic nitrogens is 1. The molecule has 0 aliphatic carbocycles. The van der Waals surface area contributed by atoms with Crippen LogP contribution in [0.5, 0.6) is 5.75 Å². The van der Waals surface area contributed by atoms with Gasteiger partial charge in [-0.25, -0.2) is 9.78 Å². The van der Waals surface area contributed by atoms with Crippen LogP contribution < -0.4 is 4.74 Å². The van der Waals surface area contributed by atoms with E-state index in [1.807, 2.05) is 52.0 Å². The molecule has 0 bridgehead atoms. The highest BCUT2D eigenvalue weighted by atomic mass is 32.1. The lowest BCUT2D eigenvalue weighted by molar-refractivity contribution is 0.0699. The second-order valence-corrected chi connectivity index (χ2v) is 6.71. The Kier molecular flexibility index (Phi) is 4.32. The van der Waals surface area contributed by atoms with Crippen LogP contribution in [0.1, 0.15) is 43.1 Å². The number of benzene rings is 1. The molecule has 2 aromatic rings. The Morgan fingerprint density at radius 1 is 1.29 bits per heavy atom. The van der Waals surface area contributed by atoms with E-state index in [1.54, 1.807) is 0 Å². The Morgan fingerprint density at radius 3 is 2.33 bits per heavy atom. The first-order valence-electron chi connectivity index (χ1n) is 6.80. The van der Waals surface area contributed by atoms with Crippen LogP contribution in [-0.4, -0.2) is 22.7 Å². The van der Waals surface area contributed by atoms with Crippen LogP contribution in [0.4, 0.5) is 0 Å². The zero-order valence-electron chi connectivity index (χ0n) is 12.6. The molecule has 0 fully saturated rings. The number of ether oxygens (including phenoxy) is 1. The van der Waals surface area contributed by atoms with Gasteiger partial charge in [0.05, 0.1) is 12.3 Å². The molecule has 1 N–H and O–H groups in total. The Bertz CT molecular complexity index is 639. The minimum atomic E-state index is -0.922. The lowest BCUT2D eigenvalue weighted by Crippen LogP contribution is -2.16. The van der Waals surface area contributed by atoms with E-state index in [4.69, 9.17) is 4.74 Å². The molecule has 0 spiro atoms. The average Bonchev–Trinajstić information content (AvgIpc) is 2.85. The Morgan fingerprint density at radius 2 is 1.90 bits per heavy atom. The van der Waals surface area contributed by atoms with Gasteiger partial charge in [-0.15, -0.1) is 11.3 Å². The number of carboxylic acids is 1. The van der Waals surface area contributed by atoms with Gasteiger partial charge < -0.3 is 9.84 Å². The monoisotopic (exact) mass is 305 g/mol. The molecule has 0 aliphatic rings. The first-order valence-corrected chi connectivity index (χ1v) is 7.62. The molecule has 1 aromatic carbocycles. The molecule has 0 amide bonds. The van der Waals surface area contributed by atoms with E-state index >= 15 is 0 Å². The molecule has 21 heavy (non-hydrogen) atoms. The number of aromatic carboxylic acids is 1. The minimum Gasteiger partial charge on any atom is -0.494 e. The molecule has 0 saturated heterocycles. The van der Waals surface area contributed by atoms with Gasteiger partial charge in [0.2, 0.25) is 0 Å². The third-order valence-electron chi connectivity index (χ3n) is 2.94. The van der Waals surface area contributed by atoms with Gasteiger partial charge in [0.15, 0.2) is 0 Å². The van der Waals surface area contributed by atoms with E-state index in [2.05, 4.69) is 4.98 Å². The summed E-state index contributed by atoms with van der Waals surface area (Å²) in [5.41, 5.74) is 1.23. The van der Waals surface area contributed by atoms with Crippen molar-refractivity contribution in [1.29, 1.82) is 0 Å². The highest BCUT2D eigenvalue weighted by molar-refractivity contribution is 7.17. The predicted octanol–water partition coefficient (Wildman–Crippen LogP) is 4.20. The van der Waals surface area contributed by atoms with Gasteiger partial charge in [-0.2, -0.15) is 0 Å². The third-order valence-corrected chi connectivity index (χ3v) is 4.04. The number of rotatable bonds is 4. The fraction of sp³-hybridized carbons (Fsp3) is 0.375. The summed E-state index contributed by atoms with van der Waals surface area (Å²) < 4.78 is 5.41. The molecule has 4 nitrogen and oxygen atoms in total. The van der Waals surface area contributed by atoms with Crippen molar-refractivity contribution < 1.29 is 14.6 Å². The van der Waals surface area contributed by atoms with Crippen LogP contribution in [0.15, 0.2) is 24.3 Å². The number of thiazole rings is 1. The molecule has 5 heteroatoms. The first-order chi connectivity index (χ1) is 9.82. The fourth-order valence-corrected chi connectivity index (χ4v) is 3.08. The smallest absolute Gasteiger partial charge is 0.347 e. The van der Waals surface area contributed by atoms with Crippen LogP contribution in [0.25, 0.3) is 10.6 Å². The summed E-state index contributed by atoms with van der Waals surface area (Å²) >= 11 is 1.22. The molecule has 0 saturated carbocycles. The highest BCUT2D eigenvalue weighted by Crippen LogP contribution is 2.34. The number of carboxylic acid groups (broad SMARTS) is 1. The molecule has 2 rings (SSSR count). The lowest BCUT2D eigenvalue weighted by atomic mass is 9.91. The van der Waals surface area contributed by atoms with Gasteiger partial charge in [0.25, 0.3) is 0 Å². The molecule has 1 aromatic heterocycles. The van der Waals surface area contributed by atoms with Crippen LogP contribution in [0.3, 0.4) is 0 Å². The Balaban J connectivity index is 2.43. The Hall–Kier alpha value is -1.88. The van der Waals surface area contributed by atoms with Crippen LogP contribution in [0.2, 0.25) is 0 Å². The standard InChI is InChI=1S/C16H19NO3S/c1-5-20-11-8-6-10(7-9-11)14-17-13(16(2,3)4)12(21-14)15(18)19/h6-9H,5H2,1-4H3,(H,18,19). The zero-order valence-corrected chi connectivity index (χ0v) is 13.5. The van der Waals surface area contributed by atoms with Gasteiger partial charge >= 0.3 is 5.97 Å². The van der Waals surface area contributed by atoms with Crippen molar-refractivity contribution in [2.75, 3.05) is 6.61 Å². The van der Waals surface area contributed by atoms with Crippen molar-refractivity contribution in [2.24, 2.45) is 0 Å². The van der Waals surface area contributed by atoms with Crippen molar-refractivity contribution in [3.8, 4) is 16.3 Å². The van der Waals surface area contributed by atoms with E-state index in [0.717, 1.165) is 16.3 Å². The van der Waals surface area contributed by atoms with Crippen molar-refractivity contribution in [3.63, 3.8) is 0 Å². The first kappa shape index (κ1) is 15.5. The summed E-state index contributed by atoms with van der Waals surface area (Å²) in [6.07, 6.45) is 0. The van der Waals surface area contributed by atoms with Crippen molar-refractivity contribution >= 4 is 17.3 Å². The van der Waals surface area contributed by atoms with E-state index in [0.29, 0.717) is 17.2 Å². The summed E-state index contributed by atoms with van der Waals surface area (Å²) in [6, 6.07) is 7.55. The van der Waals surface area contributed by atoms with E-state index < -0.39 is 5.97 Å². The summed E-state index contributed by atoms with van der Waals surface area (Å²) in [5, 5.41) is 10.1. The van der Waals surface area contributed by atoms with Gasteiger partial charge in [-0.3, -0.25) is 0 Å². The molecule has 0 atom stereocenters. The van der Waals surface area contributed by atoms with E-state index in [9.17, 15) is 9.90 Å². The number of hydrogen-bond acceptors (Lipinski definition) is 4. The second kappa shape index (κ2) is 5.85. The summed E-state index contributed by atoms with van der Waals surface area (Å²) in [6.45, 7) is 8.46. The number of hydrogen-bond donors (Lipinski definition) is 1. The van der Waals surface area contributed by atoms with Crippen molar-refractivity contribution in [3.05, 3.63) is 34.8 Å².